The monoisotopic (exact) mass is 630 g/mol. The fraction of sp³-hybridized carbons (Fsp3) is 0.357. The molecular weight excluding hydrogens is 607 g/mol. The standard InChI is InChI=1S/C28H23BF12O2/c1-23(2,42)24(3,4)43-29-22-10-14(16-6-18(25(30,31)32)12-19(7-16)26(33,34)35)5-15(11-22)17-8-20(27(36,37)38)13-21(9-17)28(39,40)41/h5-13,29,42H,1-4H3. The lowest BCUT2D eigenvalue weighted by molar-refractivity contribution is -0.144. The number of benzene rings is 3. The van der Waals surface area contributed by atoms with Crippen LogP contribution in [0.5, 0.6) is 0 Å². The molecule has 0 unspecified atom stereocenters. The molecule has 1 N–H and O–H groups in total. The summed E-state index contributed by atoms with van der Waals surface area (Å²) in [6, 6.07) is 4.36. The van der Waals surface area contributed by atoms with Crippen LogP contribution in [0.3, 0.4) is 0 Å². The molecule has 3 aromatic rings. The Morgan fingerprint density at radius 2 is 0.744 bits per heavy atom. The first-order chi connectivity index (χ1) is 19.2. The number of aliphatic hydroxyl groups is 1. The molecule has 0 amide bonds. The highest BCUT2D eigenvalue weighted by Gasteiger charge is 2.39. The Labute approximate surface area is 238 Å². The highest BCUT2D eigenvalue weighted by Crippen LogP contribution is 2.41. The Bertz CT molecular complexity index is 1320. The van der Waals surface area contributed by atoms with Gasteiger partial charge in [0.2, 0.25) is 0 Å². The van der Waals surface area contributed by atoms with Gasteiger partial charge in [-0.3, -0.25) is 0 Å². The zero-order valence-corrected chi connectivity index (χ0v) is 22.8. The van der Waals surface area contributed by atoms with Crippen molar-refractivity contribution in [2.45, 2.75) is 63.6 Å². The van der Waals surface area contributed by atoms with Crippen molar-refractivity contribution >= 4 is 12.9 Å². The van der Waals surface area contributed by atoms with E-state index in [1.54, 1.807) is 0 Å². The molecule has 0 spiro atoms. The van der Waals surface area contributed by atoms with Crippen molar-refractivity contribution in [2.24, 2.45) is 0 Å². The molecule has 0 aliphatic carbocycles. The smallest absolute Gasteiger partial charge is 0.416 e. The topological polar surface area (TPSA) is 29.5 Å². The average molecular weight is 630 g/mol. The fourth-order valence-electron chi connectivity index (χ4n) is 3.79. The minimum absolute atomic E-state index is 0.0261. The Morgan fingerprint density at radius 3 is 1.00 bits per heavy atom. The van der Waals surface area contributed by atoms with E-state index in [-0.39, 0.29) is 28.7 Å². The lowest BCUT2D eigenvalue weighted by atomic mass is 9.80. The van der Waals surface area contributed by atoms with E-state index in [4.69, 9.17) is 4.65 Å². The number of hydrogen-bond donors (Lipinski definition) is 1. The van der Waals surface area contributed by atoms with Crippen LogP contribution in [0.15, 0.2) is 54.6 Å². The fourth-order valence-corrected chi connectivity index (χ4v) is 3.79. The summed E-state index contributed by atoms with van der Waals surface area (Å²) in [6.07, 6.45) is -20.9. The van der Waals surface area contributed by atoms with Gasteiger partial charge in [0.15, 0.2) is 0 Å². The van der Waals surface area contributed by atoms with Gasteiger partial charge in [0.1, 0.15) is 0 Å². The van der Waals surface area contributed by atoms with Gasteiger partial charge < -0.3 is 9.76 Å². The highest BCUT2D eigenvalue weighted by atomic mass is 19.4. The molecule has 0 atom stereocenters. The third-order valence-corrected chi connectivity index (χ3v) is 6.91. The summed E-state index contributed by atoms with van der Waals surface area (Å²) in [5.74, 6) is 0. The first-order valence-electron chi connectivity index (χ1n) is 12.3. The summed E-state index contributed by atoms with van der Waals surface area (Å²) in [4.78, 5) is 0. The quantitative estimate of drug-likeness (QED) is 0.218. The second-order valence-corrected chi connectivity index (χ2v) is 10.9. The molecule has 0 saturated carbocycles. The Kier molecular flexibility index (Phi) is 8.82. The molecule has 0 aromatic heterocycles. The van der Waals surface area contributed by atoms with Gasteiger partial charge in [-0.1, -0.05) is 17.6 Å². The average Bonchev–Trinajstić information content (AvgIpc) is 2.84. The van der Waals surface area contributed by atoms with E-state index in [1.165, 1.54) is 27.7 Å². The molecule has 234 valence electrons. The van der Waals surface area contributed by atoms with Crippen LogP contribution >= 0.6 is 0 Å². The molecule has 0 radical (unpaired) electrons. The van der Waals surface area contributed by atoms with E-state index < -0.39 is 76.8 Å². The third-order valence-electron chi connectivity index (χ3n) is 6.91. The molecule has 0 bridgehead atoms. The minimum Gasteiger partial charge on any atom is -0.427 e. The maximum atomic E-state index is 13.5. The summed E-state index contributed by atoms with van der Waals surface area (Å²) in [6.45, 7) is 5.69. The van der Waals surface area contributed by atoms with Crippen molar-refractivity contribution in [1.82, 2.24) is 0 Å². The third kappa shape index (κ3) is 8.25. The number of rotatable bonds is 6. The summed E-state index contributed by atoms with van der Waals surface area (Å²) in [7, 11) is -0.478. The molecule has 2 nitrogen and oxygen atoms in total. The first kappa shape index (κ1) is 34.3. The van der Waals surface area contributed by atoms with Gasteiger partial charge >= 0.3 is 32.2 Å². The van der Waals surface area contributed by atoms with Crippen molar-refractivity contribution < 1.29 is 62.4 Å². The molecule has 0 saturated heterocycles. The van der Waals surface area contributed by atoms with Crippen molar-refractivity contribution in [3.63, 3.8) is 0 Å². The lowest BCUT2D eigenvalue weighted by Crippen LogP contribution is -2.49. The van der Waals surface area contributed by atoms with Crippen molar-refractivity contribution in [3.8, 4) is 22.3 Å². The first-order valence-corrected chi connectivity index (χ1v) is 12.3. The Hall–Kier alpha value is -3.20. The second kappa shape index (κ2) is 11.1. The molecule has 0 aliphatic rings. The lowest BCUT2D eigenvalue weighted by Gasteiger charge is -2.37. The van der Waals surface area contributed by atoms with Crippen molar-refractivity contribution in [3.05, 3.63) is 76.9 Å². The van der Waals surface area contributed by atoms with E-state index in [0.717, 1.165) is 18.2 Å². The minimum atomic E-state index is -5.22. The SMILES string of the molecule is CC(C)(O)C(C)(C)OBc1cc(-c2cc(C(F)(F)F)cc(C(F)(F)F)c2)cc(-c2cc(C(F)(F)F)cc(C(F)(F)F)c2)c1. The summed E-state index contributed by atoms with van der Waals surface area (Å²) in [5.41, 5.74) is -11.6. The van der Waals surface area contributed by atoms with Gasteiger partial charge in [0, 0.05) is 0 Å². The maximum absolute atomic E-state index is 13.5. The van der Waals surface area contributed by atoms with Crippen LogP contribution in [0, 0.1) is 0 Å². The van der Waals surface area contributed by atoms with E-state index in [0.29, 0.717) is 24.3 Å². The van der Waals surface area contributed by atoms with Gasteiger partial charge in [0.05, 0.1) is 33.5 Å². The van der Waals surface area contributed by atoms with Crippen LogP contribution in [0.4, 0.5) is 52.7 Å². The van der Waals surface area contributed by atoms with Crippen LogP contribution in [-0.4, -0.2) is 23.8 Å². The molecule has 0 heterocycles. The predicted molar refractivity (Wildman–Crippen MR) is 136 cm³/mol. The molecule has 15 heteroatoms. The van der Waals surface area contributed by atoms with Crippen LogP contribution in [0.2, 0.25) is 0 Å². The van der Waals surface area contributed by atoms with E-state index in [1.807, 2.05) is 0 Å². The number of halogens is 12. The van der Waals surface area contributed by atoms with E-state index in [9.17, 15) is 57.8 Å². The van der Waals surface area contributed by atoms with Crippen molar-refractivity contribution in [1.29, 1.82) is 0 Å². The highest BCUT2D eigenvalue weighted by molar-refractivity contribution is 6.47. The molecule has 3 rings (SSSR count). The normalized spacial score (nSPS) is 13.8. The van der Waals surface area contributed by atoms with Gasteiger partial charge in [-0.25, -0.2) is 0 Å². The second-order valence-electron chi connectivity index (χ2n) is 10.9. The molecule has 0 fully saturated rings. The zero-order valence-electron chi connectivity index (χ0n) is 22.8. The number of alkyl halides is 12. The molecule has 43 heavy (non-hydrogen) atoms. The van der Waals surface area contributed by atoms with E-state index in [2.05, 4.69) is 0 Å². The van der Waals surface area contributed by atoms with Crippen LogP contribution in [0.25, 0.3) is 22.3 Å². The summed E-state index contributed by atoms with van der Waals surface area (Å²) in [5, 5.41) is 10.4. The molecular formula is C28H23BF12O2. The number of hydrogen-bond acceptors (Lipinski definition) is 2. The van der Waals surface area contributed by atoms with Crippen LogP contribution in [0.1, 0.15) is 49.9 Å². The largest absolute Gasteiger partial charge is 0.427 e. The summed E-state index contributed by atoms with van der Waals surface area (Å²) < 4.78 is 168. The van der Waals surface area contributed by atoms with Crippen LogP contribution < -0.4 is 5.46 Å². The Balaban J connectivity index is 2.34. The van der Waals surface area contributed by atoms with Gasteiger partial charge in [-0.2, -0.15) is 52.7 Å². The Morgan fingerprint density at radius 1 is 0.465 bits per heavy atom. The van der Waals surface area contributed by atoms with Crippen LogP contribution in [-0.2, 0) is 29.4 Å². The van der Waals surface area contributed by atoms with Gasteiger partial charge in [-0.05, 0) is 92.4 Å². The zero-order chi connectivity index (χ0) is 33.0. The molecule has 3 aromatic carbocycles. The van der Waals surface area contributed by atoms with Gasteiger partial charge in [0.25, 0.3) is 0 Å². The van der Waals surface area contributed by atoms with Crippen molar-refractivity contribution in [2.75, 3.05) is 0 Å². The van der Waals surface area contributed by atoms with E-state index >= 15 is 0 Å². The van der Waals surface area contributed by atoms with Gasteiger partial charge in [-0.15, -0.1) is 0 Å². The molecule has 0 aliphatic heterocycles. The summed E-state index contributed by atoms with van der Waals surface area (Å²) >= 11 is 0. The maximum Gasteiger partial charge on any atom is 0.416 e. The predicted octanol–water partition coefficient (Wildman–Crippen LogP) is 8.64.